The van der Waals surface area contributed by atoms with Gasteiger partial charge in [-0.1, -0.05) is 12.1 Å². The Morgan fingerprint density at radius 1 is 1.24 bits per heavy atom. The highest BCUT2D eigenvalue weighted by atomic mass is 16.7. The molecule has 0 spiro atoms. The second-order valence-corrected chi connectivity index (χ2v) is 3.61. The summed E-state index contributed by atoms with van der Waals surface area (Å²) in [7, 11) is 3.26. The van der Waals surface area contributed by atoms with Gasteiger partial charge in [0.2, 0.25) is 0 Å². The van der Waals surface area contributed by atoms with Crippen molar-refractivity contribution in [3.05, 3.63) is 29.8 Å². The molecule has 0 radical (unpaired) electrons. The van der Waals surface area contributed by atoms with Gasteiger partial charge in [-0.3, -0.25) is 0 Å². The zero-order chi connectivity index (χ0) is 12.5. The molecule has 0 amide bonds. The number of hydrogen-bond donors (Lipinski definition) is 1. The number of nitrogens with one attached hydrogen (secondary N) is 1. The van der Waals surface area contributed by atoms with Gasteiger partial charge >= 0.3 is 0 Å². The molecule has 0 saturated carbocycles. The monoisotopic (exact) mass is 239 g/mol. The average Bonchev–Trinajstić information content (AvgIpc) is 2.36. The molecule has 96 valence electrons. The molecule has 17 heavy (non-hydrogen) atoms. The van der Waals surface area contributed by atoms with Gasteiger partial charge in [0.25, 0.3) is 0 Å². The van der Waals surface area contributed by atoms with Gasteiger partial charge in [-0.05, 0) is 24.6 Å². The molecular formula is C13H21NO3. The van der Waals surface area contributed by atoms with E-state index in [-0.39, 0.29) is 6.29 Å². The van der Waals surface area contributed by atoms with Crippen molar-refractivity contribution in [2.24, 2.45) is 0 Å². The first kappa shape index (κ1) is 14.0. The van der Waals surface area contributed by atoms with Crippen molar-refractivity contribution in [2.75, 3.05) is 27.4 Å². The number of ether oxygens (including phenoxy) is 3. The van der Waals surface area contributed by atoms with E-state index in [1.807, 2.05) is 25.1 Å². The van der Waals surface area contributed by atoms with Crippen LogP contribution in [0, 0.1) is 0 Å². The second-order valence-electron chi connectivity index (χ2n) is 3.61. The lowest BCUT2D eigenvalue weighted by Gasteiger charge is -2.14. The topological polar surface area (TPSA) is 39.7 Å². The van der Waals surface area contributed by atoms with Gasteiger partial charge in [-0.15, -0.1) is 0 Å². The molecule has 0 heterocycles. The predicted molar refractivity (Wildman–Crippen MR) is 67.1 cm³/mol. The van der Waals surface area contributed by atoms with Crippen molar-refractivity contribution in [2.45, 2.75) is 19.8 Å². The molecule has 0 aliphatic rings. The van der Waals surface area contributed by atoms with Gasteiger partial charge in [-0.25, -0.2) is 0 Å². The van der Waals surface area contributed by atoms with Crippen molar-refractivity contribution in [1.29, 1.82) is 0 Å². The highest BCUT2D eigenvalue weighted by molar-refractivity contribution is 5.28. The third kappa shape index (κ3) is 5.17. The minimum absolute atomic E-state index is 0.204. The molecule has 0 fully saturated rings. The summed E-state index contributed by atoms with van der Waals surface area (Å²) in [5, 5.41) is 3.27. The standard InChI is InChI=1S/C13H21NO3/c1-4-17-12-7-5-6-11(8-12)9-14-10-13(15-2)16-3/h5-8,13-14H,4,9-10H2,1-3H3. The molecule has 4 heteroatoms. The van der Waals surface area contributed by atoms with Crippen LogP contribution in [0.25, 0.3) is 0 Å². The Balaban J connectivity index is 2.38. The first-order valence-corrected chi connectivity index (χ1v) is 5.78. The number of benzene rings is 1. The quantitative estimate of drug-likeness (QED) is 0.702. The molecule has 0 saturated heterocycles. The van der Waals surface area contributed by atoms with E-state index in [1.165, 1.54) is 5.56 Å². The summed E-state index contributed by atoms with van der Waals surface area (Å²) in [4.78, 5) is 0. The smallest absolute Gasteiger partial charge is 0.169 e. The molecular weight excluding hydrogens is 218 g/mol. The summed E-state index contributed by atoms with van der Waals surface area (Å²) < 4.78 is 15.6. The average molecular weight is 239 g/mol. The van der Waals surface area contributed by atoms with Crippen LogP contribution in [0.1, 0.15) is 12.5 Å². The number of hydrogen-bond acceptors (Lipinski definition) is 4. The Bertz CT molecular complexity index is 313. The first-order chi connectivity index (χ1) is 8.30. The van der Waals surface area contributed by atoms with Crippen molar-refractivity contribution in [1.82, 2.24) is 5.32 Å². The van der Waals surface area contributed by atoms with Crippen LogP contribution in [-0.2, 0) is 16.0 Å². The molecule has 4 nitrogen and oxygen atoms in total. The zero-order valence-electron chi connectivity index (χ0n) is 10.7. The van der Waals surface area contributed by atoms with Crippen LogP contribution < -0.4 is 10.1 Å². The maximum absolute atomic E-state index is 5.44. The summed E-state index contributed by atoms with van der Waals surface area (Å²) in [5.41, 5.74) is 1.18. The first-order valence-electron chi connectivity index (χ1n) is 5.78. The van der Waals surface area contributed by atoms with Gasteiger partial charge in [-0.2, -0.15) is 0 Å². The van der Waals surface area contributed by atoms with Crippen molar-refractivity contribution >= 4 is 0 Å². The Morgan fingerprint density at radius 3 is 2.65 bits per heavy atom. The zero-order valence-corrected chi connectivity index (χ0v) is 10.7. The molecule has 1 N–H and O–H groups in total. The Morgan fingerprint density at radius 2 is 2.00 bits per heavy atom. The molecule has 0 aliphatic heterocycles. The maximum Gasteiger partial charge on any atom is 0.169 e. The van der Waals surface area contributed by atoms with Crippen LogP contribution in [0.4, 0.5) is 0 Å². The predicted octanol–water partition coefficient (Wildman–Crippen LogP) is 1.79. The van der Waals surface area contributed by atoms with E-state index in [9.17, 15) is 0 Å². The Labute approximate surface area is 103 Å². The molecule has 0 unspecified atom stereocenters. The lowest BCUT2D eigenvalue weighted by molar-refractivity contribution is -0.0989. The second kappa shape index (κ2) is 8.06. The SMILES string of the molecule is CCOc1cccc(CNCC(OC)OC)c1. The molecule has 0 aromatic heterocycles. The van der Waals surface area contributed by atoms with Gasteiger partial charge in [0.1, 0.15) is 5.75 Å². The van der Waals surface area contributed by atoms with E-state index in [1.54, 1.807) is 14.2 Å². The van der Waals surface area contributed by atoms with E-state index < -0.39 is 0 Å². The van der Waals surface area contributed by atoms with Gasteiger partial charge in [0.15, 0.2) is 6.29 Å². The molecule has 0 bridgehead atoms. The van der Waals surface area contributed by atoms with E-state index in [0.717, 1.165) is 12.3 Å². The Hall–Kier alpha value is -1.10. The fraction of sp³-hybridized carbons (Fsp3) is 0.538. The molecule has 1 aromatic rings. The third-order valence-corrected chi connectivity index (χ3v) is 2.38. The van der Waals surface area contributed by atoms with Gasteiger partial charge in [0, 0.05) is 27.3 Å². The van der Waals surface area contributed by atoms with Crippen LogP contribution >= 0.6 is 0 Å². The van der Waals surface area contributed by atoms with E-state index in [2.05, 4.69) is 11.4 Å². The van der Waals surface area contributed by atoms with Gasteiger partial charge < -0.3 is 19.5 Å². The summed E-state index contributed by atoms with van der Waals surface area (Å²) in [6.45, 7) is 4.09. The minimum atomic E-state index is -0.204. The molecule has 0 atom stereocenters. The van der Waals surface area contributed by atoms with E-state index in [0.29, 0.717) is 13.2 Å². The highest BCUT2D eigenvalue weighted by Crippen LogP contribution is 2.12. The minimum Gasteiger partial charge on any atom is -0.494 e. The largest absolute Gasteiger partial charge is 0.494 e. The number of methoxy groups -OCH3 is 2. The summed E-state index contributed by atoms with van der Waals surface area (Å²) in [6.07, 6.45) is -0.204. The summed E-state index contributed by atoms with van der Waals surface area (Å²) in [5.74, 6) is 0.904. The third-order valence-electron chi connectivity index (χ3n) is 2.38. The Kier molecular flexibility index (Phi) is 6.62. The number of rotatable bonds is 8. The normalized spacial score (nSPS) is 10.8. The van der Waals surface area contributed by atoms with Crippen LogP contribution in [-0.4, -0.2) is 33.7 Å². The van der Waals surface area contributed by atoms with Crippen molar-refractivity contribution in [3.63, 3.8) is 0 Å². The van der Waals surface area contributed by atoms with Crippen LogP contribution in [0.2, 0.25) is 0 Å². The maximum atomic E-state index is 5.44. The molecule has 1 rings (SSSR count). The van der Waals surface area contributed by atoms with E-state index in [4.69, 9.17) is 14.2 Å². The lowest BCUT2D eigenvalue weighted by Crippen LogP contribution is -2.29. The fourth-order valence-corrected chi connectivity index (χ4v) is 1.51. The van der Waals surface area contributed by atoms with Crippen LogP contribution in [0.5, 0.6) is 5.75 Å². The molecule has 0 aliphatic carbocycles. The van der Waals surface area contributed by atoms with Crippen molar-refractivity contribution in [3.8, 4) is 5.75 Å². The van der Waals surface area contributed by atoms with Crippen LogP contribution in [0.3, 0.4) is 0 Å². The highest BCUT2D eigenvalue weighted by Gasteiger charge is 2.03. The van der Waals surface area contributed by atoms with E-state index >= 15 is 0 Å². The molecule has 1 aromatic carbocycles. The van der Waals surface area contributed by atoms with Gasteiger partial charge in [0.05, 0.1) is 6.61 Å². The lowest BCUT2D eigenvalue weighted by atomic mass is 10.2. The summed E-state index contributed by atoms with van der Waals surface area (Å²) in [6, 6.07) is 8.04. The van der Waals surface area contributed by atoms with Crippen molar-refractivity contribution < 1.29 is 14.2 Å². The summed E-state index contributed by atoms with van der Waals surface area (Å²) >= 11 is 0. The van der Waals surface area contributed by atoms with Crippen LogP contribution in [0.15, 0.2) is 24.3 Å². The fourth-order valence-electron chi connectivity index (χ4n) is 1.51.